The summed E-state index contributed by atoms with van der Waals surface area (Å²) in [5.41, 5.74) is 8.55. The van der Waals surface area contributed by atoms with Crippen molar-refractivity contribution in [3.05, 3.63) is 34.9 Å². The molecule has 1 saturated carbocycles. The molecule has 0 spiro atoms. The zero-order chi connectivity index (χ0) is 14.3. The van der Waals surface area contributed by atoms with Crippen molar-refractivity contribution in [2.75, 3.05) is 6.54 Å². The normalized spacial score (nSPS) is 30.3. The molecule has 3 N–H and O–H groups in total. The van der Waals surface area contributed by atoms with Crippen LogP contribution in [0.2, 0.25) is 0 Å². The lowest BCUT2D eigenvalue weighted by molar-refractivity contribution is -0.0711. The lowest BCUT2D eigenvalue weighted by Gasteiger charge is -2.43. The average molecular weight is 261 g/mol. The van der Waals surface area contributed by atoms with Crippen LogP contribution in [-0.4, -0.2) is 11.7 Å². The largest absolute Gasteiger partial charge is 0.385 e. The first-order chi connectivity index (χ1) is 8.82. The summed E-state index contributed by atoms with van der Waals surface area (Å²) < 4.78 is 0. The van der Waals surface area contributed by atoms with Crippen LogP contribution in [0.3, 0.4) is 0 Å². The van der Waals surface area contributed by atoms with Crippen LogP contribution in [0.5, 0.6) is 0 Å². The molecule has 106 valence electrons. The zero-order valence-electron chi connectivity index (χ0n) is 12.7. The molecule has 19 heavy (non-hydrogen) atoms. The van der Waals surface area contributed by atoms with E-state index in [4.69, 9.17) is 5.73 Å². The number of rotatable bonds is 3. The quantitative estimate of drug-likeness (QED) is 0.877. The highest BCUT2D eigenvalue weighted by atomic mass is 16.3. The van der Waals surface area contributed by atoms with Gasteiger partial charge in [0, 0.05) is 12.0 Å². The highest BCUT2D eigenvalue weighted by Crippen LogP contribution is 2.52. The Hall–Kier alpha value is -0.860. The molecular formula is C17H27NO. The minimum Gasteiger partial charge on any atom is -0.385 e. The minimum absolute atomic E-state index is 0.173. The Morgan fingerprint density at radius 1 is 1.37 bits per heavy atom. The van der Waals surface area contributed by atoms with Crippen molar-refractivity contribution in [3.8, 4) is 0 Å². The summed E-state index contributed by atoms with van der Waals surface area (Å²) in [6.07, 6.45) is 3.20. The molecule has 1 fully saturated rings. The van der Waals surface area contributed by atoms with Gasteiger partial charge in [-0.2, -0.15) is 0 Å². The van der Waals surface area contributed by atoms with E-state index in [0.29, 0.717) is 12.5 Å². The van der Waals surface area contributed by atoms with Crippen molar-refractivity contribution in [1.82, 2.24) is 0 Å². The average Bonchev–Trinajstić information content (AvgIpc) is 2.76. The highest BCUT2D eigenvalue weighted by molar-refractivity contribution is 5.34. The molecule has 3 unspecified atom stereocenters. The number of nitrogens with two attached hydrogens (primary N) is 1. The van der Waals surface area contributed by atoms with E-state index in [9.17, 15) is 5.11 Å². The SMILES string of the molecule is Cc1ccc(C(C)(O)C2(CN)CCC(C)C2)cc1C. The summed E-state index contributed by atoms with van der Waals surface area (Å²) in [6.45, 7) is 8.96. The summed E-state index contributed by atoms with van der Waals surface area (Å²) in [5.74, 6) is 0.654. The zero-order valence-corrected chi connectivity index (χ0v) is 12.7. The molecule has 0 aliphatic heterocycles. The van der Waals surface area contributed by atoms with Gasteiger partial charge in [-0.05, 0) is 62.6 Å². The Labute approximate surface area is 117 Å². The van der Waals surface area contributed by atoms with Crippen molar-refractivity contribution in [2.45, 2.75) is 52.6 Å². The van der Waals surface area contributed by atoms with Gasteiger partial charge in [0.1, 0.15) is 0 Å². The molecule has 0 aromatic heterocycles. The molecule has 0 bridgehead atoms. The predicted octanol–water partition coefficient (Wildman–Crippen LogP) is 3.28. The van der Waals surface area contributed by atoms with Crippen LogP contribution in [0.4, 0.5) is 0 Å². The Morgan fingerprint density at radius 3 is 2.53 bits per heavy atom. The Morgan fingerprint density at radius 2 is 2.05 bits per heavy atom. The smallest absolute Gasteiger partial charge is 0.0936 e. The summed E-state index contributed by atoms with van der Waals surface area (Å²) in [4.78, 5) is 0. The van der Waals surface area contributed by atoms with E-state index in [-0.39, 0.29) is 5.41 Å². The summed E-state index contributed by atoms with van der Waals surface area (Å²) in [7, 11) is 0. The van der Waals surface area contributed by atoms with Gasteiger partial charge in [-0.25, -0.2) is 0 Å². The van der Waals surface area contributed by atoms with Gasteiger partial charge < -0.3 is 10.8 Å². The third-order valence-corrected chi connectivity index (χ3v) is 5.35. The summed E-state index contributed by atoms with van der Waals surface area (Å²) in [5, 5.41) is 11.2. The topological polar surface area (TPSA) is 46.2 Å². The van der Waals surface area contributed by atoms with Gasteiger partial charge in [0.2, 0.25) is 0 Å². The molecule has 0 heterocycles. The number of aryl methyl sites for hydroxylation is 2. The van der Waals surface area contributed by atoms with Crippen molar-refractivity contribution < 1.29 is 5.11 Å². The van der Waals surface area contributed by atoms with Gasteiger partial charge in [-0.15, -0.1) is 0 Å². The molecule has 2 heteroatoms. The van der Waals surface area contributed by atoms with Crippen molar-refractivity contribution in [1.29, 1.82) is 0 Å². The van der Waals surface area contributed by atoms with Crippen LogP contribution in [0.25, 0.3) is 0 Å². The molecule has 0 saturated heterocycles. The molecule has 1 aromatic carbocycles. The number of hydrogen-bond acceptors (Lipinski definition) is 2. The molecule has 2 nitrogen and oxygen atoms in total. The molecule has 0 radical (unpaired) electrons. The maximum atomic E-state index is 11.2. The second kappa shape index (κ2) is 4.92. The third-order valence-electron chi connectivity index (χ3n) is 5.35. The van der Waals surface area contributed by atoms with Crippen molar-refractivity contribution in [2.24, 2.45) is 17.1 Å². The van der Waals surface area contributed by atoms with Gasteiger partial charge in [0.15, 0.2) is 0 Å². The minimum atomic E-state index is -0.842. The van der Waals surface area contributed by atoms with Crippen LogP contribution in [-0.2, 0) is 5.60 Å². The van der Waals surface area contributed by atoms with E-state index in [1.54, 1.807) is 0 Å². The standard InChI is InChI=1S/C17H27NO/c1-12-7-8-17(10-12,11-18)16(4,19)15-6-5-13(2)14(3)9-15/h5-6,9,12,19H,7-8,10-11,18H2,1-4H3. The van der Waals surface area contributed by atoms with Crippen molar-refractivity contribution in [3.63, 3.8) is 0 Å². The van der Waals surface area contributed by atoms with Gasteiger partial charge >= 0.3 is 0 Å². The monoisotopic (exact) mass is 261 g/mol. The lowest BCUT2D eigenvalue weighted by Crippen LogP contribution is -2.47. The number of aliphatic hydroxyl groups is 1. The second-order valence-electron chi connectivity index (χ2n) is 6.70. The van der Waals surface area contributed by atoms with Crippen LogP contribution in [0.1, 0.15) is 49.8 Å². The molecular weight excluding hydrogens is 234 g/mol. The van der Waals surface area contributed by atoms with E-state index >= 15 is 0 Å². The van der Waals surface area contributed by atoms with Crippen LogP contribution in [0, 0.1) is 25.2 Å². The predicted molar refractivity (Wildman–Crippen MR) is 80.0 cm³/mol. The van der Waals surface area contributed by atoms with Gasteiger partial charge in [-0.1, -0.05) is 25.1 Å². The van der Waals surface area contributed by atoms with Gasteiger partial charge in [0.05, 0.1) is 5.60 Å². The Balaban J connectivity index is 2.42. The molecule has 2 rings (SSSR count). The molecule has 1 aliphatic carbocycles. The van der Waals surface area contributed by atoms with E-state index in [2.05, 4.69) is 39.0 Å². The fraction of sp³-hybridized carbons (Fsp3) is 0.647. The number of hydrogen-bond donors (Lipinski definition) is 2. The first-order valence-electron chi connectivity index (χ1n) is 7.32. The first kappa shape index (κ1) is 14.5. The highest BCUT2D eigenvalue weighted by Gasteiger charge is 2.50. The van der Waals surface area contributed by atoms with Gasteiger partial charge in [-0.3, -0.25) is 0 Å². The molecule has 0 amide bonds. The fourth-order valence-electron chi connectivity index (χ4n) is 3.57. The van der Waals surface area contributed by atoms with E-state index in [1.807, 2.05) is 6.92 Å². The van der Waals surface area contributed by atoms with E-state index in [1.165, 1.54) is 11.1 Å². The number of benzene rings is 1. The van der Waals surface area contributed by atoms with Crippen LogP contribution in [0.15, 0.2) is 18.2 Å². The molecule has 1 aromatic rings. The van der Waals surface area contributed by atoms with Gasteiger partial charge in [0.25, 0.3) is 0 Å². The lowest BCUT2D eigenvalue weighted by atomic mass is 9.67. The van der Waals surface area contributed by atoms with Crippen LogP contribution >= 0.6 is 0 Å². The third kappa shape index (κ3) is 2.32. The Bertz CT molecular complexity index is 466. The first-order valence-corrected chi connectivity index (χ1v) is 7.32. The summed E-state index contributed by atoms with van der Waals surface area (Å²) in [6, 6.07) is 6.28. The van der Waals surface area contributed by atoms with E-state index < -0.39 is 5.60 Å². The molecule has 3 atom stereocenters. The summed E-state index contributed by atoms with van der Waals surface area (Å²) >= 11 is 0. The second-order valence-corrected chi connectivity index (χ2v) is 6.70. The maximum Gasteiger partial charge on any atom is 0.0936 e. The fourth-order valence-corrected chi connectivity index (χ4v) is 3.57. The van der Waals surface area contributed by atoms with E-state index in [0.717, 1.165) is 24.8 Å². The van der Waals surface area contributed by atoms with Crippen molar-refractivity contribution >= 4 is 0 Å². The van der Waals surface area contributed by atoms with Crippen LogP contribution < -0.4 is 5.73 Å². The maximum absolute atomic E-state index is 11.2. The Kier molecular flexibility index (Phi) is 3.76. The molecule has 1 aliphatic rings.